The molecule has 0 amide bonds. The molecule has 1 aliphatic rings. The molecule has 0 atom stereocenters. The number of rotatable bonds is 5. The number of hydrogen-bond donors (Lipinski definition) is 1. The molecule has 1 aliphatic carbocycles. The van der Waals surface area contributed by atoms with E-state index < -0.39 is 0 Å². The molecule has 1 N–H and O–H groups in total. The highest BCUT2D eigenvalue weighted by molar-refractivity contribution is 5.31. The van der Waals surface area contributed by atoms with Crippen molar-refractivity contribution < 1.29 is 0 Å². The zero-order valence-electron chi connectivity index (χ0n) is 12.3. The molecule has 1 saturated carbocycles. The molecule has 1 nitrogen and oxygen atoms in total. The van der Waals surface area contributed by atoms with E-state index >= 15 is 0 Å². The monoisotopic (exact) mass is 245 g/mol. The molecule has 0 spiro atoms. The fourth-order valence-electron chi connectivity index (χ4n) is 2.63. The van der Waals surface area contributed by atoms with Crippen LogP contribution < -0.4 is 5.32 Å². The van der Waals surface area contributed by atoms with Gasteiger partial charge in [-0.15, -0.1) is 0 Å². The lowest BCUT2D eigenvalue weighted by Crippen LogP contribution is -2.44. The van der Waals surface area contributed by atoms with Gasteiger partial charge < -0.3 is 5.32 Å². The van der Waals surface area contributed by atoms with Gasteiger partial charge in [0, 0.05) is 12.6 Å². The molecule has 0 aromatic heterocycles. The largest absolute Gasteiger partial charge is 0.313 e. The van der Waals surface area contributed by atoms with Crippen molar-refractivity contribution in [1.29, 1.82) is 0 Å². The van der Waals surface area contributed by atoms with Crippen LogP contribution in [0.15, 0.2) is 24.3 Å². The summed E-state index contributed by atoms with van der Waals surface area (Å²) in [6, 6.07) is 9.57. The predicted octanol–water partition coefficient (Wildman–Crippen LogP) is 4.27. The van der Waals surface area contributed by atoms with Crippen molar-refractivity contribution in [1.82, 2.24) is 5.32 Å². The molecular formula is C17H27N. The predicted molar refractivity (Wildman–Crippen MR) is 79.0 cm³/mol. The van der Waals surface area contributed by atoms with Crippen molar-refractivity contribution in [2.45, 2.75) is 58.9 Å². The highest BCUT2D eigenvalue weighted by atomic mass is 14.9. The van der Waals surface area contributed by atoms with Crippen LogP contribution in [0.2, 0.25) is 0 Å². The molecular weight excluding hydrogens is 218 g/mol. The molecule has 2 rings (SSSR count). The van der Waals surface area contributed by atoms with Gasteiger partial charge in [-0.1, -0.05) is 45.0 Å². The lowest BCUT2D eigenvalue weighted by molar-refractivity contribution is 0.239. The van der Waals surface area contributed by atoms with Crippen LogP contribution in [0.3, 0.4) is 0 Å². The minimum atomic E-state index is 0.438. The maximum absolute atomic E-state index is 3.73. The fraction of sp³-hybridized carbons (Fsp3) is 0.647. The summed E-state index contributed by atoms with van der Waals surface area (Å²) in [5, 5.41) is 3.73. The Kier molecular flexibility index (Phi) is 4.11. The highest BCUT2D eigenvalue weighted by Gasteiger charge is 2.31. The zero-order chi connectivity index (χ0) is 13.2. The van der Waals surface area contributed by atoms with Crippen molar-refractivity contribution >= 4 is 0 Å². The van der Waals surface area contributed by atoms with Crippen LogP contribution in [-0.2, 0) is 0 Å². The third kappa shape index (κ3) is 3.14. The van der Waals surface area contributed by atoms with Crippen LogP contribution in [0, 0.1) is 12.3 Å². The normalized spacial score (nSPS) is 23.8. The van der Waals surface area contributed by atoms with E-state index in [4.69, 9.17) is 0 Å². The summed E-state index contributed by atoms with van der Waals surface area (Å²) in [7, 11) is 0. The molecule has 0 bridgehead atoms. The van der Waals surface area contributed by atoms with Gasteiger partial charge in [-0.25, -0.2) is 0 Å². The second kappa shape index (κ2) is 5.44. The van der Waals surface area contributed by atoms with Crippen molar-refractivity contribution in [2.24, 2.45) is 5.41 Å². The standard InChI is InChI=1S/C17H27N/c1-5-17(3,4)12-18-15-10-14(11-15)16-9-7-6-8-13(16)2/h6-9,14-15,18H,5,10-12H2,1-4H3. The second-order valence-corrected chi connectivity index (χ2v) is 6.62. The van der Waals surface area contributed by atoms with E-state index in [9.17, 15) is 0 Å². The van der Waals surface area contributed by atoms with Crippen molar-refractivity contribution in [3.05, 3.63) is 35.4 Å². The van der Waals surface area contributed by atoms with E-state index in [-0.39, 0.29) is 0 Å². The maximum Gasteiger partial charge on any atom is 0.00789 e. The van der Waals surface area contributed by atoms with Gasteiger partial charge in [0.1, 0.15) is 0 Å². The summed E-state index contributed by atoms with van der Waals surface area (Å²) in [5.41, 5.74) is 3.45. The first-order valence-corrected chi connectivity index (χ1v) is 7.31. The summed E-state index contributed by atoms with van der Waals surface area (Å²) in [5.74, 6) is 0.786. The molecule has 1 aromatic carbocycles. The van der Waals surface area contributed by atoms with Gasteiger partial charge in [-0.2, -0.15) is 0 Å². The first-order chi connectivity index (χ1) is 8.52. The molecule has 0 aliphatic heterocycles. The lowest BCUT2D eigenvalue weighted by Gasteiger charge is -2.39. The van der Waals surface area contributed by atoms with E-state index in [2.05, 4.69) is 57.3 Å². The van der Waals surface area contributed by atoms with E-state index in [1.165, 1.54) is 24.8 Å². The molecule has 1 aromatic rings. The van der Waals surface area contributed by atoms with Crippen LogP contribution >= 0.6 is 0 Å². The number of benzene rings is 1. The summed E-state index contributed by atoms with van der Waals surface area (Å²) in [6.07, 6.45) is 3.86. The average Bonchev–Trinajstić information content (AvgIpc) is 2.29. The molecule has 0 unspecified atom stereocenters. The molecule has 1 fully saturated rings. The van der Waals surface area contributed by atoms with Gasteiger partial charge in [-0.3, -0.25) is 0 Å². The van der Waals surface area contributed by atoms with Crippen LogP contribution in [0.5, 0.6) is 0 Å². The van der Waals surface area contributed by atoms with Gasteiger partial charge in [0.05, 0.1) is 0 Å². The molecule has 0 heterocycles. The lowest BCUT2D eigenvalue weighted by atomic mass is 9.74. The highest BCUT2D eigenvalue weighted by Crippen LogP contribution is 2.38. The third-order valence-corrected chi connectivity index (χ3v) is 4.59. The van der Waals surface area contributed by atoms with Gasteiger partial charge in [0.15, 0.2) is 0 Å². The molecule has 0 radical (unpaired) electrons. The van der Waals surface area contributed by atoms with Crippen molar-refractivity contribution in [3.8, 4) is 0 Å². The average molecular weight is 245 g/mol. The zero-order valence-corrected chi connectivity index (χ0v) is 12.3. The molecule has 100 valence electrons. The van der Waals surface area contributed by atoms with E-state index in [1.54, 1.807) is 5.56 Å². The Morgan fingerprint density at radius 1 is 1.22 bits per heavy atom. The van der Waals surface area contributed by atoms with E-state index in [1.807, 2.05) is 0 Å². The van der Waals surface area contributed by atoms with Crippen LogP contribution in [-0.4, -0.2) is 12.6 Å². The topological polar surface area (TPSA) is 12.0 Å². The van der Waals surface area contributed by atoms with Crippen molar-refractivity contribution in [2.75, 3.05) is 6.54 Å². The summed E-state index contributed by atoms with van der Waals surface area (Å²) >= 11 is 0. The Balaban J connectivity index is 1.79. The van der Waals surface area contributed by atoms with Gasteiger partial charge in [0.25, 0.3) is 0 Å². The number of hydrogen-bond acceptors (Lipinski definition) is 1. The van der Waals surface area contributed by atoms with Gasteiger partial charge >= 0.3 is 0 Å². The Bertz CT molecular complexity index is 388. The molecule has 18 heavy (non-hydrogen) atoms. The van der Waals surface area contributed by atoms with Gasteiger partial charge in [0.2, 0.25) is 0 Å². The van der Waals surface area contributed by atoms with Crippen LogP contribution in [0.1, 0.15) is 57.1 Å². The van der Waals surface area contributed by atoms with E-state index in [0.29, 0.717) is 5.41 Å². The molecule has 0 saturated heterocycles. The Labute approximate surface area is 112 Å². The van der Waals surface area contributed by atoms with Gasteiger partial charge in [-0.05, 0) is 48.6 Å². The quantitative estimate of drug-likeness (QED) is 0.817. The SMILES string of the molecule is CCC(C)(C)CNC1CC(c2ccccc2C)C1. The summed E-state index contributed by atoms with van der Waals surface area (Å²) in [6.45, 7) is 10.3. The second-order valence-electron chi connectivity index (χ2n) is 6.62. The Morgan fingerprint density at radius 2 is 1.89 bits per heavy atom. The van der Waals surface area contributed by atoms with E-state index in [0.717, 1.165) is 18.5 Å². The first kappa shape index (κ1) is 13.6. The smallest absolute Gasteiger partial charge is 0.00789 e. The first-order valence-electron chi connectivity index (χ1n) is 7.31. The fourth-order valence-corrected chi connectivity index (χ4v) is 2.63. The maximum atomic E-state index is 3.73. The number of aryl methyl sites for hydroxylation is 1. The third-order valence-electron chi connectivity index (χ3n) is 4.59. The van der Waals surface area contributed by atoms with Crippen LogP contribution in [0.25, 0.3) is 0 Å². The Hall–Kier alpha value is -0.820. The number of nitrogens with one attached hydrogen (secondary N) is 1. The minimum Gasteiger partial charge on any atom is -0.313 e. The molecule has 1 heteroatoms. The van der Waals surface area contributed by atoms with Crippen molar-refractivity contribution in [3.63, 3.8) is 0 Å². The van der Waals surface area contributed by atoms with Crippen LogP contribution in [0.4, 0.5) is 0 Å². The summed E-state index contributed by atoms with van der Waals surface area (Å²) < 4.78 is 0. The summed E-state index contributed by atoms with van der Waals surface area (Å²) in [4.78, 5) is 0. The minimum absolute atomic E-state index is 0.438. The Morgan fingerprint density at radius 3 is 2.50 bits per heavy atom.